The van der Waals surface area contributed by atoms with Gasteiger partial charge in [0.2, 0.25) is 0 Å². The molecule has 0 atom stereocenters. The zero-order chi connectivity index (χ0) is 33.3. The van der Waals surface area contributed by atoms with E-state index in [1.807, 2.05) is 97.1 Å². The molecule has 0 saturated heterocycles. The second kappa shape index (κ2) is 12.6. The van der Waals surface area contributed by atoms with E-state index in [1.54, 1.807) is 0 Å². The van der Waals surface area contributed by atoms with E-state index in [1.165, 1.54) is 5.39 Å². The lowest BCUT2D eigenvalue weighted by molar-refractivity contribution is 0.576. The van der Waals surface area contributed by atoms with Gasteiger partial charge in [0.25, 0.3) is 0 Å². The summed E-state index contributed by atoms with van der Waals surface area (Å²) in [6, 6.07) is 45.3. The number of furan rings is 1. The molecule has 9 rings (SSSR count). The smallest absolute Gasteiger partial charge is 0.164 e. The summed E-state index contributed by atoms with van der Waals surface area (Å²) in [4.78, 5) is 14.7. The molecule has 0 saturated carbocycles. The van der Waals surface area contributed by atoms with E-state index in [-0.39, 0.29) is 0 Å². The Morgan fingerprint density at radius 3 is 1.76 bits per heavy atom. The molecule has 0 radical (unpaired) electrons. The van der Waals surface area contributed by atoms with Crippen LogP contribution >= 0.6 is 0 Å². The Kier molecular flexibility index (Phi) is 7.41. The fraction of sp³-hybridized carbons (Fsp3) is 0. The van der Waals surface area contributed by atoms with Gasteiger partial charge < -0.3 is 8.98 Å². The third-order valence-electron chi connectivity index (χ3n) is 8.95. The van der Waals surface area contributed by atoms with Crippen LogP contribution < -0.4 is 10.6 Å². The highest BCUT2D eigenvalue weighted by molar-refractivity contribution is 5.96. The van der Waals surface area contributed by atoms with Crippen molar-refractivity contribution in [2.75, 3.05) is 0 Å². The van der Waals surface area contributed by atoms with Gasteiger partial charge in [-0.1, -0.05) is 134 Å². The van der Waals surface area contributed by atoms with Crippen molar-refractivity contribution in [3.63, 3.8) is 0 Å². The summed E-state index contributed by atoms with van der Waals surface area (Å²) in [5.41, 5.74) is 8.92. The summed E-state index contributed by atoms with van der Waals surface area (Å²) in [5.74, 6) is 1.91. The number of fused-ring (bicyclic) bond motifs is 6. The highest BCUT2D eigenvalue weighted by Crippen LogP contribution is 2.33. The Hall–Kier alpha value is -6.85. The van der Waals surface area contributed by atoms with Crippen LogP contribution in [-0.2, 0) is 0 Å². The maximum absolute atomic E-state index is 6.18. The van der Waals surface area contributed by atoms with Gasteiger partial charge in [0.1, 0.15) is 11.0 Å². The summed E-state index contributed by atoms with van der Waals surface area (Å²) >= 11 is 0. The van der Waals surface area contributed by atoms with E-state index in [4.69, 9.17) is 19.4 Å². The van der Waals surface area contributed by atoms with E-state index in [9.17, 15) is 0 Å². The third kappa shape index (κ3) is 5.37. The largest absolute Gasteiger partial charge is 0.456 e. The molecule has 0 spiro atoms. The van der Waals surface area contributed by atoms with Crippen LogP contribution in [0.25, 0.3) is 86.0 Å². The highest BCUT2D eigenvalue weighted by Gasteiger charge is 2.16. The van der Waals surface area contributed by atoms with E-state index >= 15 is 0 Å². The summed E-state index contributed by atoms with van der Waals surface area (Å²) in [5, 5.41) is 3.33. The standard InChI is InChI=1S/C45H30N4O/c1-4-15-31(16-5-1)43-46-44(32-17-6-2-7-18-32)48-45(47-43)33-27-29-34(30-28-33)49-39-23-8-3-9-25-41-38(37-20-11-13-26-42(37)50-41)22-14-21-36(39)35-19-10-12-24-40(35)49/h1-30H/b8-3?,9-3?,21-14+,22-14?,23-8?,25-9?,36-21?,38-22+,39-23?,41-25+. The molecule has 236 valence electrons. The van der Waals surface area contributed by atoms with Crippen LogP contribution in [0.5, 0.6) is 0 Å². The van der Waals surface area contributed by atoms with E-state index in [0.29, 0.717) is 17.5 Å². The zero-order valence-corrected chi connectivity index (χ0v) is 27.0. The second-order valence-corrected chi connectivity index (χ2v) is 12.0. The average Bonchev–Trinajstić information content (AvgIpc) is 3.69. The van der Waals surface area contributed by atoms with Gasteiger partial charge >= 0.3 is 0 Å². The number of para-hydroxylation sites is 2. The van der Waals surface area contributed by atoms with E-state index in [2.05, 4.69) is 89.5 Å². The Morgan fingerprint density at radius 2 is 1.06 bits per heavy atom. The Balaban J connectivity index is 1.17. The van der Waals surface area contributed by atoms with Crippen LogP contribution in [0.2, 0.25) is 0 Å². The molecule has 0 aliphatic heterocycles. The number of nitrogens with zero attached hydrogens (tertiary/aromatic N) is 4. The summed E-state index contributed by atoms with van der Waals surface area (Å²) in [6.07, 6.45) is 16.8. The van der Waals surface area contributed by atoms with Gasteiger partial charge in [-0.15, -0.1) is 0 Å². The van der Waals surface area contributed by atoms with Gasteiger partial charge in [-0.2, -0.15) is 0 Å². The van der Waals surface area contributed by atoms with E-state index < -0.39 is 0 Å². The number of allylic oxidation sites excluding steroid dienone is 4. The summed E-state index contributed by atoms with van der Waals surface area (Å²) in [7, 11) is 0. The molecule has 5 aromatic carbocycles. The van der Waals surface area contributed by atoms with Crippen LogP contribution in [0, 0.1) is 0 Å². The van der Waals surface area contributed by atoms with Gasteiger partial charge in [-0.05, 0) is 48.6 Å². The van der Waals surface area contributed by atoms with Gasteiger partial charge in [0, 0.05) is 43.9 Å². The van der Waals surface area contributed by atoms with Crippen LogP contribution in [0.1, 0.15) is 11.3 Å². The molecule has 1 aliphatic rings. The molecule has 8 aromatic rings. The van der Waals surface area contributed by atoms with Crippen molar-refractivity contribution in [3.05, 3.63) is 180 Å². The van der Waals surface area contributed by atoms with Crippen LogP contribution in [-0.4, -0.2) is 19.5 Å². The van der Waals surface area contributed by atoms with Gasteiger partial charge in [0.15, 0.2) is 17.5 Å². The quantitative estimate of drug-likeness (QED) is 0.192. The van der Waals surface area contributed by atoms with Crippen molar-refractivity contribution in [2.45, 2.75) is 0 Å². The molecule has 50 heavy (non-hydrogen) atoms. The SMILES string of the molecule is C1=C/C=c2/oc3ccccc3/c2=C\C=C\c2c(n(-c3ccc(-c4nc(-c5ccccc5)nc(-c5ccccc5)n4)cc3)c3ccccc23)C=C1. The monoisotopic (exact) mass is 642 g/mol. The predicted molar refractivity (Wildman–Crippen MR) is 205 cm³/mol. The number of hydrogen-bond donors (Lipinski definition) is 0. The van der Waals surface area contributed by atoms with Crippen LogP contribution in [0.4, 0.5) is 0 Å². The number of aromatic nitrogens is 4. The minimum Gasteiger partial charge on any atom is -0.456 e. The van der Waals surface area contributed by atoms with Crippen molar-refractivity contribution < 1.29 is 4.42 Å². The molecule has 0 N–H and O–H groups in total. The molecule has 0 amide bonds. The summed E-state index contributed by atoms with van der Waals surface area (Å²) < 4.78 is 8.50. The highest BCUT2D eigenvalue weighted by atomic mass is 16.3. The van der Waals surface area contributed by atoms with E-state index in [0.717, 1.165) is 60.8 Å². The van der Waals surface area contributed by atoms with Gasteiger partial charge in [-0.25, -0.2) is 15.0 Å². The number of benzene rings is 5. The van der Waals surface area contributed by atoms with Crippen LogP contribution in [0.15, 0.2) is 162 Å². The Labute approximate surface area is 288 Å². The second-order valence-electron chi connectivity index (χ2n) is 12.0. The van der Waals surface area contributed by atoms with Crippen molar-refractivity contribution in [3.8, 4) is 39.9 Å². The first-order chi connectivity index (χ1) is 24.8. The first-order valence-corrected chi connectivity index (χ1v) is 16.6. The average molecular weight is 643 g/mol. The minimum atomic E-state index is 0.628. The maximum atomic E-state index is 6.18. The van der Waals surface area contributed by atoms with Crippen molar-refractivity contribution in [1.82, 2.24) is 19.5 Å². The molecule has 0 unspecified atom stereocenters. The molecule has 5 heteroatoms. The predicted octanol–water partition coefficient (Wildman–Crippen LogP) is 9.42. The lowest BCUT2D eigenvalue weighted by Gasteiger charge is -2.11. The summed E-state index contributed by atoms with van der Waals surface area (Å²) in [6.45, 7) is 0. The van der Waals surface area contributed by atoms with Crippen molar-refractivity contribution in [1.29, 1.82) is 0 Å². The topological polar surface area (TPSA) is 56.7 Å². The molecule has 1 aliphatic carbocycles. The van der Waals surface area contributed by atoms with Crippen molar-refractivity contribution in [2.24, 2.45) is 0 Å². The molecule has 0 fully saturated rings. The molecular formula is C45H30N4O. The van der Waals surface area contributed by atoms with Crippen LogP contribution in [0.3, 0.4) is 0 Å². The number of rotatable bonds is 4. The molecule has 0 bridgehead atoms. The molecule has 3 aromatic heterocycles. The first-order valence-electron chi connectivity index (χ1n) is 16.6. The fourth-order valence-electron chi connectivity index (χ4n) is 6.57. The Morgan fingerprint density at radius 1 is 0.460 bits per heavy atom. The van der Waals surface area contributed by atoms with Gasteiger partial charge in [-0.3, -0.25) is 0 Å². The lowest BCUT2D eigenvalue weighted by Crippen LogP contribution is -2.19. The zero-order valence-electron chi connectivity index (χ0n) is 27.0. The maximum Gasteiger partial charge on any atom is 0.164 e. The Bertz CT molecular complexity index is 2680. The first kappa shape index (κ1) is 29.3. The normalized spacial score (nSPS) is 14.5. The fourth-order valence-corrected chi connectivity index (χ4v) is 6.57. The third-order valence-corrected chi connectivity index (χ3v) is 8.95. The molecule has 3 heterocycles. The molecular weight excluding hydrogens is 613 g/mol. The van der Waals surface area contributed by atoms with Gasteiger partial charge in [0.05, 0.1) is 11.2 Å². The number of hydrogen-bond acceptors (Lipinski definition) is 4. The van der Waals surface area contributed by atoms with Crippen molar-refractivity contribution >= 4 is 46.2 Å². The minimum absolute atomic E-state index is 0.628. The lowest BCUT2D eigenvalue weighted by atomic mass is 10.1. The molecule has 5 nitrogen and oxygen atoms in total.